The molecule has 0 aliphatic rings. The molecule has 2 heterocycles. The number of hydrogen-bond donors (Lipinski definition) is 0. The van der Waals surface area contributed by atoms with Gasteiger partial charge in [0.2, 0.25) is 0 Å². The topological polar surface area (TPSA) is 81.2 Å². The van der Waals surface area contributed by atoms with Crippen LogP contribution in [0.1, 0.15) is 25.0 Å². The second-order valence-corrected chi connectivity index (χ2v) is 24.5. The minimum Gasteiger partial charge on any atom is -0.377 e. The van der Waals surface area contributed by atoms with Crippen LogP contribution < -0.4 is 0 Å². The van der Waals surface area contributed by atoms with E-state index < -0.39 is 17.6 Å². The Hall–Kier alpha value is -0.186. The number of rotatable bonds is 17. The lowest BCUT2D eigenvalue weighted by Gasteiger charge is -2.30. The Bertz CT molecular complexity index is 1330. The smallest absolute Gasteiger partial charge is 0.377 e. The molecule has 4 rings (SSSR count). The molecule has 0 bridgehead atoms. The molecule has 230 valence electrons. The fourth-order valence-electron chi connectivity index (χ4n) is 5.07. The van der Waals surface area contributed by atoms with E-state index in [2.05, 4.69) is 50.2 Å². The first-order chi connectivity index (χ1) is 20.3. The molecule has 2 atom stereocenters. The zero-order chi connectivity index (χ0) is 30.3. The van der Waals surface area contributed by atoms with Gasteiger partial charge in [-0.3, -0.25) is 0 Å². The van der Waals surface area contributed by atoms with E-state index in [9.17, 15) is 0 Å². The number of hydrogen-bond acceptors (Lipinski definition) is 14. The van der Waals surface area contributed by atoms with E-state index in [4.69, 9.17) is 36.5 Å². The summed E-state index contributed by atoms with van der Waals surface area (Å²) in [6, 6.07) is 12.7. The maximum Gasteiger partial charge on any atom is 0.503 e. The van der Waals surface area contributed by atoms with Gasteiger partial charge in [-0.1, -0.05) is 38.1 Å². The van der Waals surface area contributed by atoms with E-state index in [0.29, 0.717) is 0 Å². The van der Waals surface area contributed by atoms with Crippen molar-refractivity contribution in [3.05, 3.63) is 47.5 Å². The first kappa shape index (κ1) is 34.7. The first-order valence-electron chi connectivity index (χ1n) is 13.0. The van der Waals surface area contributed by atoms with Gasteiger partial charge in [0.1, 0.15) is 0 Å². The number of nitrogens with zero attached hydrogens (tertiary/aromatic N) is 2. The number of fused-ring (bicyclic) bond motifs is 2. The van der Waals surface area contributed by atoms with Crippen molar-refractivity contribution in [3.8, 4) is 0 Å². The maximum atomic E-state index is 5.71. The van der Waals surface area contributed by atoms with Crippen LogP contribution in [0.3, 0.4) is 0 Å². The molecule has 42 heavy (non-hydrogen) atoms. The average molecular weight is 721 g/mol. The molecular formula is C26H36N2O6S6Si2. The van der Waals surface area contributed by atoms with Gasteiger partial charge in [0, 0.05) is 53.7 Å². The molecule has 0 saturated heterocycles. The summed E-state index contributed by atoms with van der Waals surface area (Å²) in [5.74, 6) is 0. The van der Waals surface area contributed by atoms with Crippen LogP contribution in [0, 0.1) is 0 Å². The van der Waals surface area contributed by atoms with Crippen LogP contribution in [-0.4, -0.2) is 70.2 Å². The fourth-order valence-corrected chi connectivity index (χ4v) is 18.1. The van der Waals surface area contributed by atoms with E-state index in [1.807, 2.05) is 0 Å². The van der Waals surface area contributed by atoms with Crippen molar-refractivity contribution < 1.29 is 26.6 Å². The molecule has 0 N–H and O–H groups in total. The SMILES string of the molecule is CO[Si](OC)(OC)C(C)Cc1cccc2sc(SSSSc3nc4c(CC(C)[Si](OC)(OC)OC)cccc4s3)nc12. The van der Waals surface area contributed by atoms with E-state index in [1.165, 1.54) is 20.5 Å². The lowest BCUT2D eigenvalue weighted by Crippen LogP contribution is -2.47. The zero-order valence-corrected chi connectivity index (χ0v) is 31.7. The highest BCUT2D eigenvalue weighted by Gasteiger charge is 2.45. The van der Waals surface area contributed by atoms with E-state index in [0.717, 1.165) is 32.6 Å². The molecule has 16 heteroatoms. The highest BCUT2D eigenvalue weighted by atomic mass is 33.7. The van der Waals surface area contributed by atoms with Gasteiger partial charge in [-0.2, -0.15) is 0 Å². The molecular weight excluding hydrogens is 685 g/mol. The molecule has 4 aromatic rings. The van der Waals surface area contributed by atoms with Crippen molar-refractivity contribution in [3.63, 3.8) is 0 Å². The Morgan fingerprint density at radius 2 is 0.976 bits per heavy atom. The second-order valence-electron chi connectivity index (χ2n) is 9.43. The van der Waals surface area contributed by atoms with Crippen molar-refractivity contribution >= 4 is 102 Å². The Balaban J connectivity index is 1.38. The molecule has 0 amide bonds. The van der Waals surface area contributed by atoms with Crippen LogP contribution in [0.2, 0.25) is 11.1 Å². The maximum absolute atomic E-state index is 5.71. The third-order valence-electron chi connectivity index (χ3n) is 7.17. The monoisotopic (exact) mass is 720 g/mol. The molecule has 2 aromatic carbocycles. The van der Waals surface area contributed by atoms with Crippen LogP contribution in [0.5, 0.6) is 0 Å². The van der Waals surface area contributed by atoms with Gasteiger partial charge in [0.25, 0.3) is 0 Å². The van der Waals surface area contributed by atoms with Crippen LogP contribution >= 0.6 is 63.9 Å². The predicted molar refractivity (Wildman–Crippen MR) is 186 cm³/mol. The molecule has 0 aliphatic heterocycles. The van der Waals surface area contributed by atoms with Gasteiger partial charge in [0.05, 0.1) is 20.4 Å². The molecule has 0 saturated carbocycles. The molecule has 0 fully saturated rings. The Morgan fingerprint density at radius 3 is 1.31 bits per heavy atom. The molecule has 2 aromatic heterocycles. The normalized spacial score (nSPS) is 14.2. The van der Waals surface area contributed by atoms with Crippen LogP contribution in [0.15, 0.2) is 45.1 Å². The minimum atomic E-state index is -2.74. The van der Waals surface area contributed by atoms with Gasteiger partial charge in [-0.05, 0) is 77.3 Å². The first-order valence-corrected chi connectivity index (χ1v) is 23.1. The average Bonchev–Trinajstić information content (AvgIpc) is 3.63. The zero-order valence-electron chi connectivity index (χ0n) is 24.8. The summed E-state index contributed by atoms with van der Waals surface area (Å²) in [7, 11) is 11.2. The number of benzene rings is 2. The lowest BCUT2D eigenvalue weighted by atomic mass is 10.1. The standard InChI is InChI=1S/C26H36N2O6S6Si2/c1-17(41(29-3,30-4)31-5)15-19-11-9-13-21-23(19)27-25(35-21)37-39-40-38-26-28-24-20(12-10-14-22(24)36-26)16-18(2)42(32-6,33-7)34-8/h9-14,17-18H,15-16H2,1-8H3. The highest BCUT2D eigenvalue weighted by molar-refractivity contribution is 9.26. The Morgan fingerprint density at radius 1 is 0.619 bits per heavy atom. The Kier molecular flexibility index (Phi) is 13.1. The summed E-state index contributed by atoms with van der Waals surface area (Å²) in [4.78, 5) is 9.95. The van der Waals surface area contributed by atoms with Crippen LogP contribution in [0.4, 0.5) is 0 Å². The number of aromatic nitrogens is 2. The van der Waals surface area contributed by atoms with Gasteiger partial charge in [-0.25, -0.2) is 9.97 Å². The highest BCUT2D eigenvalue weighted by Crippen LogP contribution is 2.52. The van der Waals surface area contributed by atoms with Crippen molar-refractivity contribution in [2.45, 2.75) is 46.5 Å². The summed E-state index contributed by atoms with van der Waals surface area (Å²) in [5.41, 5.74) is 4.64. The number of thiazole rings is 2. The van der Waals surface area contributed by atoms with Gasteiger partial charge < -0.3 is 26.6 Å². The molecule has 8 nitrogen and oxygen atoms in total. The van der Waals surface area contributed by atoms with Gasteiger partial charge >= 0.3 is 17.6 Å². The van der Waals surface area contributed by atoms with E-state index >= 15 is 0 Å². The summed E-state index contributed by atoms with van der Waals surface area (Å²) >= 11 is 3.43. The van der Waals surface area contributed by atoms with Crippen LogP contribution in [0.25, 0.3) is 20.4 Å². The van der Waals surface area contributed by atoms with Gasteiger partial charge in [-0.15, -0.1) is 22.7 Å². The van der Waals surface area contributed by atoms with Crippen LogP contribution in [-0.2, 0) is 39.4 Å². The van der Waals surface area contributed by atoms with Gasteiger partial charge in [0.15, 0.2) is 8.68 Å². The summed E-state index contributed by atoms with van der Waals surface area (Å²) in [5, 5.41) is 0. The quantitative estimate of drug-likeness (QED) is 0.0595. The van der Waals surface area contributed by atoms with Crippen molar-refractivity contribution in [2.75, 3.05) is 42.7 Å². The summed E-state index contributed by atoms with van der Waals surface area (Å²) < 4.78 is 38.6. The largest absolute Gasteiger partial charge is 0.503 e. The van der Waals surface area contributed by atoms with Crippen molar-refractivity contribution in [1.82, 2.24) is 9.97 Å². The lowest BCUT2D eigenvalue weighted by molar-refractivity contribution is 0.112. The molecule has 0 radical (unpaired) electrons. The number of para-hydroxylation sites is 2. The summed E-state index contributed by atoms with van der Waals surface area (Å²) in [6.45, 7) is 4.24. The van der Waals surface area contributed by atoms with Crippen molar-refractivity contribution in [1.29, 1.82) is 0 Å². The van der Waals surface area contributed by atoms with Crippen molar-refractivity contribution in [2.24, 2.45) is 0 Å². The summed E-state index contributed by atoms with van der Waals surface area (Å²) in [6.07, 6.45) is 1.54. The Labute approximate surface area is 273 Å². The predicted octanol–water partition coefficient (Wildman–Crippen LogP) is 8.62. The fraction of sp³-hybridized carbons (Fsp3) is 0.462. The third-order valence-corrected chi connectivity index (χ3v) is 22.1. The van der Waals surface area contributed by atoms with E-state index in [-0.39, 0.29) is 11.1 Å². The molecule has 0 aliphatic carbocycles. The molecule has 2 unspecified atom stereocenters. The van der Waals surface area contributed by atoms with E-state index in [1.54, 1.807) is 107 Å². The third kappa shape index (κ3) is 7.60. The molecule has 0 spiro atoms. The minimum absolute atomic E-state index is 0.101. The second kappa shape index (κ2) is 15.9.